The lowest BCUT2D eigenvalue weighted by molar-refractivity contribution is 0.160. The van der Waals surface area contributed by atoms with E-state index in [-0.39, 0.29) is 5.41 Å². The van der Waals surface area contributed by atoms with Crippen molar-refractivity contribution < 1.29 is 4.74 Å². The predicted octanol–water partition coefficient (Wildman–Crippen LogP) is -0.548. The first-order valence-electron chi connectivity index (χ1n) is 4.45. The molecule has 1 heterocycles. The van der Waals surface area contributed by atoms with E-state index in [1.54, 1.807) is 7.05 Å². The normalized spacial score (nSPS) is 29.0. The molecule has 1 atom stereocenters. The average molecular weight is 186 g/mol. The van der Waals surface area contributed by atoms with E-state index in [9.17, 15) is 0 Å². The van der Waals surface area contributed by atoms with Crippen LogP contribution in [-0.2, 0) is 4.74 Å². The van der Waals surface area contributed by atoms with Crippen LogP contribution in [-0.4, -0.2) is 32.8 Å². The zero-order valence-electron chi connectivity index (χ0n) is 8.26. The maximum absolute atomic E-state index is 5.33. The van der Waals surface area contributed by atoms with Gasteiger partial charge in [0.2, 0.25) is 5.96 Å². The van der Waals surface area contributed by atoms with E-state index in [1.807, 2.05) is 0 Å². The van der Waals surface area contributed by atoms with Crippen molar-refractivity contribution in [2.24, 2.45) is 16.3 Å². The molecule has 1 rings (SSSR count). The Hall–Kier alpha value is -0.810. The van der Waals surface area contributed by atoms with E-state index in [1.165, 1.54) is 0 Å². The summed E-state index contributed by atoms with van der Waals surface area (Å²) in [5.74, 6) is 5.86. The third kappa shape index (κ3) is 2.86. The molecule has 0 aromatic carbocycles. The molecule has 0 saturated carbocycles. The summed E-state index contributed by atoms with van der Waals surface area (Å²) in [4.78, 5) is 3.93. The largest absolute Gasteiger partial charge is 0.381 e. The van der Waals surface area contributed by atoms with Gasteiger partial charge >= 0.3 is 0 Å². The molecule has 0 aromatic heterocycles. The quantitative estimate of drug-likeness (QED) is 0.234. The molecule has 1 saturated heterocycles. The van der Waals surface area contributed by atoms with Gasteiger partial charge in [-0.1, -0.05) is 6.92 Å². The molecule has 1 fully saturated rings. The third-order valence-corrected chi connectivity index (χ3v) is 2.34. The Kier molecular flexibility index (Phi) is 3.50. The lowest BCUT2D eigenvalue weighted by Gasteiger charge is -2.22. The average Bonchev–Trinajstić information content (AvgIpc) is 2.55. The van der Waals surface area contributed by atoms with E-state index < -0.39 is 0 Å². The minimum Gasteiger partial charge on any atom is -0.381 e. The van der Waals surface area contributed by atoms with Gasteiger partial charge in [-0.3, -0.25) is 10.4 Å². The van der Waals surface area contributed by atoms with Crippen LogP contribution in [0.15, 0.2) is 4.99 Å². The molecule has 0 spiro atoms. The molecular weight excluding hydrogens is 168 g/mol. The second-order valence-electron chi connectivity index (χ2n) is 3.68. The highest BCUT2D eigenvalue weighted by Gasteiger charge is 2.29. The van der Waals surface area contributed by atoms with Crippen LogP contribution in [0.25, 0.3) is 0 Å². The standard InChI is InChI=1S/C8H18N4O/c1-8(3-4-13-6-8)5-11-7(10-2)12-9/h3-6,9H2,1-2H3,(H2,10,11,12). The fourth-order valence-electron chi connectivity index (χ4n) is 1.34. The Balaban J connectivity index is 2.32. The fourth-order valence-corrected chi connectivity index (χ4v) is 1.34. The molecular formula is C8H18N4O. The first-order valence-corrected chi connectivity index (χ1v) is 4.45. The summed E-state index contributed by atoms with van der Waals surface area (Å²) in [7, 11) is 1.69. The van der Waals surface area contributed by atoms with Crippen LogP contribution in [0, 0.1) is 5.41 Å². The molecule has 13 heavy (non-hydrogen) atoms. The van der Waals surface area contributed by atoms with Crippen LogP contribution in [0.1, 0.15) is 13.3 Å². The molecule has 1 unspecified atom stereocenters. The number of hydrazine groups is 1. The second kappa shape index (κ2) is 4.43. The third-order valence-electron chi connectivity index (χ3n) is 2.34. The number of nitrogens with one attached hydrogen (secondary N) is 2. The summed E-state index contributed by atoms with van der Waals surface area (Å²) in [6.45, 7) is 4.69. The highest BCUT2D eigenvalue weighted by Crippen LogP contribution is 2.26. The van der Waals surface area contributed by atoms with E-state index >= 15 is 0 Å². The zero-order chi connectivity index (χ0) is 9.73. The number of ether oxygens (including phenoxy) is 1. The van der Waals surface area contributed by atoms with Crippen LogP contribution in [0.3, 0.4) is 0 Å². The van der Waals surface area contributed by atoms with E-state index in [4.69, 9.17) is 10.6 Å². The number of hydrogen-bond acceptors (Lipinski definition) is 3. The van der Waals surface area contributed by atoms with Crippen molar-refractivity contribution in [3.63, 3.8) is 0 Å². The maximum Gasteiger partial charge on any atom is 0.205 e. The maximum atomic E-state index is 5.33. The molecule has 5 nitrogen and oxygen atoms in total. The Morgan fingerprint density at radius 3 is 2.92 bits per heavy atom. The smallest absolute Gasteiger partial charge is 0.205 e. The first-order chi connectivity index (χ1) is 6.20. The summed E-state index contributed by atoms with van der Waals surface area (Å²) < 4.78 is 5.33. The van der Waals surface area contributed by atoms with Crippen molar-refractivity contribution >= 4 is 5.96 Å². The van der Waals surface area contributed by atoms with Crippen LogP contribution in [0.4, 0.5) is 0 Å². The van der Waals surface area contributed by atoms with Gasteiger partial charge in [-0.05, 0) is 6.42 Å². The van der Waals surface area contributed by atoms with E-state index in [0.29, 0.717) is 5.96 Å². The van der Waals surface area contributed by atoms with Crippen molar-refractivity contribution in [1.29, 1.82) is 0 Å². The van der Waals surface area contributed by atoms with Crippen LogP contribution < -0.4 is 16.6 Å². The fraction of sp³-hybridized carbons (Fsp3) is 0.875. The second-order valence-corrected chi connectivity index (χ2v) is 3.68. The molecule has 0 aromatic rings. The highest BCUT2D eigenvalue weighted by molar-refractivity contribution is 5.78. The Morgan fingerprint density at radius 1 is 1.69 bits per heavy atom. The molecule has 76 valence electrons. The summed E-state index contributed by atoms with van der Waals surface area (Å²) in [6, 6.07) is 0. The van der Waals surface area contributed by atoms with Crippen molar-refractivity contribution in [2.45, 2.75) is 13.3 Å². The molecule has 1 aliphatic rings. The summed E-state index contributed by atoms with van der Waals surface area (Å²) in [5, 5.41) is 3.14. The van der Waals surface area contributed by atoms with Crippen LogP contribution in [0.5, 0.6) is 0 Å². The Morgan fingerprint density at radius 2 is 2.46 bits per heavy atom. The van der Waals surface area contributed by atoms with Crippen LogP contribution in [0.2, 0.25) is 0 Å². The number of nitrogens with zero attached hydrogens (tertiary/aromatic N) is 1. The topological polar surface area (TPSA) is 71.7 Å². The minimum absolute atomic E-state index is 0.215. The molecule has 5 heteroatoms. The molecule has 0 amide bonds. The summed E-state index contributed by atoms with van der Waals surface area (Å²) >= 11 is 0. The van der Waals surface area contributed by atoms with Gasteiger partial charge in [0.25, 0.3) is 0 Å². The number of guanidine groups is 1. The van der Waals surface area contributed by atoms with Crippen LogP contribution >= 0.6 is 0 Å². The number of rotatable bonds is 2. The lowest BCUT2D eigenvalue weighted by atomic mass is 9.90. The Bertz CT molecular complexity index is 187. The minimum atomic E-state index is 0.215. The van der Waals surface area contributed by atoms with Gasteiger partial charge in [-0.2, -0.15) is 0 Å². The summed E-state index contributed by atoms with van der Waals surface area (Å²) in [5.41, 5.74) is 2.71. The monoisotopic (exact) mass is 186 g/mol. The van der Waals surface area contributed by atoms with Gasteiger partial charge in [0, 0.05) is 25.6 Å². The molecule has 0 aliphatic carbocycles. The van der Waals surface area contributed by atoms with Gasteiger partial charge in [-0.25, -0.2) is 5.84 Å². The highest BCUT2D eigenvalue weighted by atomic mass is 16.5. The van der Waals surface area contributed by atoms with E-state index in [0.717, 1.165) is 26.2 Å². The van der Waals surface area contributed by atoms with Gasteiger partial charge in [-0.15, -0.1) is 0 Å². The van der Waals surface area contributed by atoms with Gasteiger partial charge in [0.05, 0.1) is 6.61 Å². The van der Waals surface area contributed by atoms with Crippen molar-refractivity contribution in [3.8, 4) is 0 Å². The molecule has 0 bridgehead atoms. The predicted molar refractivity (Wildman–Crippen MR) is 52.2 cm³/mol. The number of nitrogens with two attached hydrogens (primary N) is 1. The summed E-state index contributed by atoms with van der Waals surface area (Å²) in [6.07, 6.45) is 1.08. The van der Waals surface area contributed by atoms with Gasteiger partial charge < -0.3 is 10.1 Å². The van der Waals surface area contributed by atoms with E-state index in [2.05, 4.69) is 22.7 Å². The Labute approximate surface area is 78.7 Å². The molecule has 0 radical (unpaired) electrons. The van der Waals surface area contributed by atoms with Gasteiger partial charge in [0.1, 0.15) is 0 Å². The van der Waals surface area contributed by atoms with Crippen molar-refractivity contribution in [2.75, 3.05) is 26.8 Å². The van der Waals surface area contributed by atoms with Crippen molar-refractivity contribution in [3.05, 3.63) is 0 Å². The number of hydrogen-bond donors (Lipinski definition) is 3. The van der Waals surface area contributed by atoms with Crippen molar-refractivity contribution in [1.82, 2.24) is 10.7 Å². The molecule has 1 aliphatic heterocycles. The van der Waals surface area contributed by atoms with Gasteiger partial charge in [0.15, 0.2) is 0 Å². The zero-order valence-corrected chi connectivity index (χ0v) is 8.26. The first kappa shape index (κ1) is 10.3. The molecule has 4 N–H and O–H groups in total. The number of aliphatic imine (C=N–C) groups is 1. The lowest BCUT2D eigenvalue weighted by Crippen LogP contribution is -2.45. The SMILES string of the molecule is CN=C(NN)NCC1(C)CCOC1.